The molecular formula is C27H23NOS2. The maximum Gasteiger partial charge on any atom is 0.149 e. The van der Waals surface area contributed by atoms with Crippen LogP contribution in [0.15, 0.2) is 34.7 Å². The van der Waals surface area contributed by atoms with Crippen LogP contribution in [-0.2, 0) is 10.8 Å². The summed E-state index contributed by atoms with van der Waals surface area (Å²) in [5.41, 5.74) is 9.13. The van der Waals surface area contributed by atoms with E-state index in [1.807, 2.05) is 29.6 Å². The zero-order valence-electron chi connectivity index (χ0n) is 18.6. The molecule has 0 bridgehead atoms. The lowest BCUT2D eigenvalue weighted by Gasteiger charge is -2.26. The monoisotopic (exact) mass is 441 g/mol. The molecule has 2 nitrogen and oxygen atoms in total. The van der Waals surface area contributed by atoms with Crippen LogP contribution in [0, 0.1) is 13.8 Å². The maximum absolute atomic E-state index is 6.18. The van der Waals surface area contributed by atoms with Crippen molar-refractivity contribution in [1.29, 1.82) is 0 Å². The van der Waals surface area contributed by atoms with Gasteiger partial charge in [0.2, 0.25) is 0 Å². The van der Waals surface area contributed by atoms with Gasteiger partial charge in [-0.25, -0.2) is 4.98 Å². The third kappa shape index (κ3) is 1.97. The van der Waals surface area contributed by atoms with Crippen LogP contribution in [0.4, 0.5) is 0 Å². The summed E-state index contributed by atoms with van der Waals surface area (Å²) in [6, 6.07) is 11.6. The summed E-state index contributed by atoms with van der Waals surface area (Å²) < 4.78 is 7.45. The first kappa shape index (κ1) is 18.2. The average Bonchev–Trinajstić information content (AvgIpc) is 3.43. The fraction of sp³-hybridized carbons (Fsp3) is 0.296. The quantitative estimate of drug-likeness (QED) is 0.241. The van der Waals surface area contributed by atoms with Gasteiger partial charge in [-0.3, -0.25) is 0 Å². The van der Waals surface area contributed by atoms with Crippen molar-refractivity contribution >= 4 is 43.7 Å². The van der Waals surface area contributed by atoms with Gasteiger partial charge in [-0.1, -0.05) is 52.0 Å². The van der Waals surface area contributed by atoms with Crippen LogP contribution in [0.1, 0.15) is 60.8 Å². The van der Waals surface area contributed by atoms with Crippen LogP contribution in [0.5, 0.6) is 0 Å². The molecular weight excluding hydrogens is 418 g/mol. The number of thiazole rings is 1. The lowest BCUT2D eigenvalue weighted by molar-refractivity contribution is 0.562. The van der Waals surface area contributed by atoms with Crippen molar-refractivity contribution in [2.45, 2.75) is 52.4 Å². The summed E-state index contributed by atoms with van der Waals surface area (Å²) in [6.45, 7) is 13.6. The Morgan fingerprint density at radius 1 is 0.774 bits per heavy atom. The van der Waals surface area contributed by atoms with Gasteiger partial charge in [0.05, 0.1) is 20.3 Å². The summed E-state index contributed by atoms with van der Waals surface area (Å²) in [5.74, 6) is 0.995. The first-order chi connectivity index (χ1) is 14.7. The fourth-order valence-electron chi connectivity index (χ4n) is 6.17. The number of benzene rings is 2. The number of hydrogen-bond donors (Lipinski definition) is 0. The Bertz CT molecular complexity index is 1610. The predicted molar refractivity (Wildman–Crippen MR) is 132 cm³/mol. The molecule has 154 valence electrons. The van der Waals surface area contributed by atoms with Gasteiger partial charge >= 0.3 is 0 Å². The Labute approximate surface area is 189 Å². The fourth-order valence-corrected chi connectivity index (χ4v) is 8.69. The van der Waals surface area contributed by atoms with Gasteiger partial charge in [0, 0.05) is 21.3 Å². The van der Waals surface area contributed by atoms with E-state index in [4.69, 9.17) is 9.40 Å². The number of aryl methyl sites for hydroxylation is 2. The molecule has 0 aliphatic heterocycles. The Morgan fingerprint density at radius 3 is 2.13 bits per heavy atom. The molecule has 0 amide bonds. The highest BCUT2D eigenvalue weighted by Crippen LogP contribution is 2.59. The van der Waals surface area contributed by atoms with E-state index in [1.165, 1.54) is 58.7 Å². The third-order valence-electron chi connectivity index (χ3n) is 7.38. The minimum absolute atomic E-state index is 0.0812. The molecule has 3 heterocycles. The predicted octanol–water partition coefficient (Wildman–Crippen LogP) is 8.33. The van der Waals surface area contributed by atoms with E-state index < -0.39 is 0 Å². The highest BCUT2D eigenvalue weighted by Gasteiger charge is 2.44. The highest BCUT2D eigenvalue weighted by atomic mass is 32.1. The van der Waals surface area contributed by atoms with E-state index in [-0.39, 0.29) is 10.8 Å². The SMILES string of the molecule is Cc1cc2sc3c(c2o1)C(C)(C)c1c-3ccc2c3c(ccc12)-c1sc(C)nc1C3(C)C. The van der Waals surface area contributed by atoms with Crippen LogP contribution in [0.25, 0.3) is 41.9 Å². The molecule has 0 saturated carbocycles. The van der Waals surface area contributed by atoms with Crippen molar-refractivity contribution in [3.05, 3.63) is 63.5 Å². The molecule has 4 heteroatoms. The van der Waals surface area contributed by atoms with Gasteiger partial charge in [0.25, 0.3) is 0 Å². The minimum atomic E-state index is -0.0939. The second-order valence-electron chi connectivity index (χ2n) is 10.1. The van der Waals surface area contributed by atoms with Gasteiger partial charge in [-0.05, 0) is 52.9 Å². The second-order valence-corrected chi connectivity index (χ2v) is 12.3. The lowest BCUT2D eigenvalue weighted by Crippen LogP contribution is -2.18. The zero-order valence-corrected chi connectivity index (χ0v) is 20.2. The summed E-state index contributed by atoms with van der Waals surface area (Å²) >= 11 is 3.71. The molecule has 31 heavy (non-hydrogen) atoms. The first-order valence-electron chi connectivity index (χ1n) is 10.8. The summed E-state index contributed by atoms with van der Waals surface area (Å²) in [4.78, 5) is 7.67. The standard InChI is InChI=1S/C27H23NOS2/c1-12-11-18-22(29-12)21-23(31-18)16-9-7-15-14(19(16)26(21,3)4)8-10-17-20(15)27(5,6)25-24(17)30-13(2)28-25/h7-11H,1-6H3. The van der Waals surface area contributed by atoms with Gasteiger partial charge in [-0.15, -0.1) is 22.7 Å². The van der Waals surface area contributed by atoms with E-state index >= 15 is 0 Å². The summed E-state index contributed by atoms with van der Waals surface area (Å²) in [5, 5.41) is 3.90. The van der Waals surface area contributed by atoms with Crippen LogP contribution in [0.3, 0.4) is 0 Å². The number of hydrogen-bond acceptors (Lipinski definition) is 4. The number of thiophene rings is 1. The normalized spacial score (nSPS) is 17.2. The molecule has 0 atom stereocenters. The number of fused-ring (bicyclic) bond motifs is 11. The highest BCUT2D eigenvalue weighted by molar-refractivity contribution is 7.22. The number of aromatic nitrogens is 1. The molecule has 2 aliphatic carbocycles. The summed E-state index contributed by atoms with van der Waals surface area (Å²) in [7, 11) is 0. The molecule has 0 fully saturated rings. The number of rotatable bonds is 0. The van der Waals surface area contributed by atoms with Gasteiger partial charge in [0.1, 0.15) is 11.3 Å². The molecule has 0 saturated heterocycles. The molecule has 0 radical (unpaired) electrons. The molecule has 0 N–H and O–H groups in total. The zero-order chi connectivity index (χ0) is 21.4. The topological polar surface area (TPSA) is 26.0 Å². The van der Waals surface area contributed by atoms with Crippen molar-refractivity contribution in [2.75, 3.05) is 0 Å². The van der Waals surface area contributed by atoms with E-state index in [1.54, 1.807) is 0 Å². The molecule has 0 unspecified atom stereocenters. The van der Waals surface area contributed by atoms with Crippen molar-refractivity contribution in [2.24, 2.45) is 0 Å². The van der Waals surface area contributed by atoms with E-state index in [9.17, 15) is 0 Å². The first-order valence-corrected chi connectivity index (χ1v) is 12.5. The van der Waals surface area contributed by atoms with Gasteiger partial charge < -0.3 is 4.42 Å². The molecule has 7 rings (SSSR count). The van der Waals surface area contributed by atoms with E-state index in [0.717, 1.165) is 16.4 Å². The maximum atomic E-state index is 6.18. The molecule has 5 aromatic rings. The third-order valence-corrected chi connectivity index (χ3v) is 9.53. The van der Waals surface area contributed by atoms with Crippen molar-refractivity contribution in [3.8, 4) is 20.9 Å². The van der Waals surface area contributed by atoms with E-state index in [0.29, 0.717) is 0 Å². The van der Waals surface area contributed by atoms with Crippen molar-refractivity contribution in [3.63, 3.8) is 0 Å². The van der Waals surface area contributed by atoms with Crippen LogP contribution < -0.4 is 0 Å². The van der Waals surface area contributed by atoms with Crippen molar-refractivity contribution in [1.82, 2.24) is 4.98 Å². The molecule has 0 spiro atoms. The average molecular weight is 442 g/mol. The molecule has 2 aliphatic rings. The van der Waals surface area contributed by atoms with Crippen molar-refractivity contribution < 1.29 is 4.42 Å². The van der Waals surface area contributed by atoms with Crippen LogP contribution in [-0.4, -0.2) is 4.98 Å². The minimum Gasteiger partial charge on any atom is -0.460 e. The smallest absolute Gasteiger partial charge is 0.149 e. The Hall–Kier alpha value is -2.43. The largest absolute Gasteiger partial charge is 0.460 e. The van der Waals surface area contributed by atoms with E-state index in [2.05, 4.69) is 65.0 Å². The summed E-state index contributed by atoms with van der Waals surface area (Å²) in [6.07, 6.45) is 0. The Kier molecular flexibility index (Phi) is 3.11. The number of nitrogens with zero attached hydrogens (tertiary/aromatic N) is 1. The van der Waals surface area contributed by atoms with Crippen LogP contribution >= 0.6 is 22.7 Å². The Morgan fingerprint density at radius 2 is 1.42 bits per heavy atom. The van der Waals surface area contributed by atoms with Gasteiger partial charge in [0.15, 0.2) is 0 Å². The lowest BCUT2D eigenvalue weighted by atomic mass is 9.77. The van der Waals surface area contributed by atoms with Gasteiger partial charge in [-0.2, -0.15) is 0 Å². The molecule has 2 aromatic carbocycles. The second kappa shape index (κ2) is 5.31. The molecule has 3 aromatic heterocycles. The Balaban J connectivity index is 1.57. The van der Waals surface area contributed by atoms with Crippen LogP contribution in [0.2, 0.25) is 0 Å². The number of furan rings is 1.